The molecule has 2 N–H and O–H groups in total. The van der Waals surface area contributed by atoms with Crippen molar-refractivity contribution in [1.82, 2.24) is 15.2 Å². The molecular weight excluding hydrogens is 266 g/mol. The number of nitrogens with one attached hydrogen (secondary N) is 2. The number of hydrogen-bond acceptors (Lipinski definition) is 1. The normalized spacial score (nSPS) is 14.7. The van der Waals surface area contributed by atoms with E-state index < -0.39 is 0 Å². The van der Waals surface area contributed by atoms with Gasteiger partial charge < -0.3 is 15.2 Å². The molecule has 104 valence electrons. The van der Waals surface area contributed by atoms with E-state index in [-0.39, 0.29) is 0 Å². The molecule has 1 aliphatic rings. The van der Waals surface area contributed by atoms with Crippen molar-refractivity contribution < 1.29 is 0 Å². The van der Waals surface area contributed by atoms with Crippen LogP contribution >= 0.6 is 12.2 Å². The van der Waals surface area contributed by atoms with E-state index in [1.165, 1.54) is 22.2 Å². The summed E-state index contributed by atoms with van der Waals surface area (Å²) in [7, 11) is 0. The summed E-state index contributed by atoms with van der Waals surface area (Å²) >= 11 is 5.44. The zero-order valence-corrected chi connectivity index (χ0v) is 12.3. The van der Waals surface area contributed by atoms with Gasteiger partial charge in [0.2, 0.25) is 0 Å². The molecular formula is C16H19N3S. The maximum atomic E-state index is 5.44. The van der Waals surface area contributed by atoms with Gasteiger partial charge in [0.15, 0.2) is 5.11 Å². The summed E-state index contributed by atoms with van der Waals surface area (Å²) in [4.78, 5) is 5.80. The number of aromatic nitrogens is 1. The summed E-state index contributed by atoms with van der Waals surface area (Å²) in [5.74, 6) is 0. The molecule has 3 nitrogen and oxygen atoms in total. The van der Waals surface area contributed by atoms with Crippen molar-refractivity contribution in [2.24, 2.45) is 0 Å². The minimum Gasteiger partial charge on any atom is -0.359 e. The van der Waals surface area contributed by atoms with E-state index in [1.54, 1.807) is 0 Å². The number of benzene rings is 1. The zero-order chi connectivity index (χ0) is 13.9. The van der Waals surface area contributed by atoms with Gasteiger partial charge in [-0.3, -0.25) is 0 Å². The van der Waals surface area contributed by atoms with Gasteiger partial charge >= 0.3 is 0 Å². The number of H-pyrrole nitrogens is 1. The molecule has 0 amide bonds. The maximum absolute atomic E-state index is 5.44. The van der Waals surface area contributed by atoms with Crippen LogP contribution in [0.3, 0.4) is 0 Å². The van der Waals surface area contributed by atoms with Crippen molar-refractivity contribution >= 4 is 28.2 Å². The molecule has 4 heteroatoms. The van der Waals surface area contributed by atoms with Crippen molar-refractivity contribution in [1.29, 1.82) is 0 Å². The fourth-order valence-electron chi connectivity index (χ4n) is 2.83. The van der Waals surface area contributed by atoms with Crippen molar-refractivity contribution in [2.45, 2.75) is 12.8 Å². The molecule has 0 bridgehead atoms. The van der Waals surface area contributed by atoms with Gasteiger partial charge in [-0.15, -0.1) is 6.58 Å². The molecule has 0 saturated heterocycles. The summed E-state index contributed by atoms with van der Waals surface area (Å²) in [5, 5.41) is 5.40. The van der Waals surface area contributed by atoms with E-state index in [0.717, 1.165) is 37.6 Å². The highest BCUT2D eigenvalue weighted by atomic mass is 32.1. The van der Waals surface area contributed by atoms with Gasteiger partial charge in [0, 0.05) is 42.7 Å². The summed E-state index contributed by atoms with van der Waals surface area (Å²) in [6, 6.07) is 8.54. The van der Waals surface area contributed by atoms with E-state index >= 15 is 0 Å². The number of para-hydroxylation sites is 1. The van der Waals surface area contributed by atoms with Crippen molar-refractivity contribution in [3.63, 3.8) is 0 Å². The molecule has 0 atom stereocenters. The van der Waals surface area contributed by atoms with Crippen LogP contribution in [0.5, 0.6) is 0 Å². The van der Waals surface area contributed by atoms with Crippen molar-refractivity contribution in [3.05, 3.63) is 48.2 Å². The second kappa shape index (κ2) is 5.67. The molecule has 2 heterocycles. The number of thiocarbonyl (C=S) groups is 1. The molecule has 20 heavy (non-hydrogen) atoms. The van der Waals surface area contributed by atoms with Gasteiger partial charge in [-0.05, 0) is 30.3 Å². The Kier molecular flexibility index (Phi) is 3.74. The van der Waals surface area contributed by atoms with Crippen LogP contribution in [-0.2, 0) is 12.8 Å². The molecule has 1 aliphatic heterocycles. The molecule has 0 fully saturated rings. The first kappa shape index (κ1) is 13.2. The average molecular weight is 285 g/mol. The van der Waals surface area contributed by atoms with Crippen LogP contribution in [0.4, 0.5) is 0 Å². The van der Waals surface area contributed by atoms with E-state index in [1.807, 2.05) is 6.08 Å². The van der Waals surface area contributed by atoms with Crippen molar-refractivity contribution in [2.75, 3.05) is 19.6 Å². The van der Waals surface area contributed by atoms with Crippen LogP contribution in [0.1, 0.15) is 11.3 Å². The minimum atomic E-state index is 0.726. The van der Waals surface area contributed by atoms with Gasteiger partial charge in [-0.25, -0.2) is 0 Å². The van der Waals surface area contributed by atoms with Crippen LogP contribution in [0.25, 0.3) is 10.9 Å². The zero-order valence-electron chi connectivity index (χ0n) is 11.5. The van der Waals surface area contributed by atoms with Gasteiger partial charge in [0.1, 0.15) is 0 Å². The molecule has 0 aliphatic carbocycles. The molecule has 0 unspecified atom stereocenters. The van der Waals surface area contributed by atoms with Crippen LogP contribution in [0.2, 0.25) is 0 Å². The monoisotopic (exact) mass is 285 g/mol. The third-order valence-electron chi connectivity index (χ3n) is 3.85. The van der Waals surface area contributed by atoms with Crippen LogP contribution in [0, 0.1) is 0 Å². The lowest BCUT2D eigenvalue weighted by atomic mass is 10.1. The number of hydrogen-bond donors (Lipinski definition) is 2. The van der Waals surface area contributed by atoms with Crippen LogP contribution in [0.15, 0.2) is 36.9 Å². The minimum absolute atomic E-state index is 0.726. The Labute approximate surface area is 124 Å². The second-order valence-corrected chi connectivity index (χ2v) is 5.48. The molecule has 1 aromatic carbocycles. The SMILES string of the molecule is C=CCNC(=S)N1CCc2[nH]c3ccccc3c2CC1. The first-order valence-electron chi connectivity index (χ1n) is 7.01. The molecule has 1 aromatic heterocycles. The lowest BCUT2D eigenvalue weighted by molar-refractivity contribution is 0.432. The molecule has 0 saturated carbocycles. The standard InChI is InChI=1S/C16H19N3S/c1-2-9-17-16(20)19-10-7-13-12-5-3-4-6-14(12)18-15(13)8-11-19/h2-6,18H,1,7-11H2,(H,17,20). The third kappa shape index (κ3) is 2.43. The third-order valence-corrected chi connectivity index (χ3v) is 4.25. The highest BCUT2D eigenvalue weighted by Crippen LogP contribution is 2.25. The Morgan fingerprint density at radius 1 is 1.35 bits per heavy atom. The van der Waals surface area contributed by atoms with Crippen molar-refractivity contribution in [3.8, 4) is 0 Å². The summed E-state index contributed by atoms with van der Waals surface area (Å²) in [6.45, 7) is 6.37. The smallest absolute Gasteiger partial charge is 0.169 e. The summed E-state index contributed by atoms with van der Waals surface area (Å²) in [5.41, 5.74) is 4.06. The van der Waals surface area contributed by atoms with Gasteiger partial charge in [-0.1, -0.05) is 24.3 Å². The number of rotatable bonds is 2. The van der Waals surface area contributed by atoms with E-state index in [0.29, 0.717) is 0 Å². The Morgan fingerprint density at radius 3 is 3.00 bits per heavy atom. The first-order chi connectivity index (χ1) is 9.79. The predicted octanol–water partition coefficient (Wildman–Crippen LogP) is 2.63. The molecule has 0 radical (unpaired) electrons. The fraction of sp³-hybridized carbons (Fsp3) is 0.312. The van der Waals surface area contributed by atoms with Crippen LogP contribution < -0.4 is 5.32 Å². The molecule has 3 rings (SSSR count). The highest BCUT2D eigenvalue weighted by molar-refractivity contribution is 7.80. The number of aromatic amines is 1. The average Bonchev–Trinajstić information content (AvgIpc) is 2.69. The number of nitrogens with zero attached hydrogens (tertiary/aromatic N) is 1. The summed E-state index contributed by atoms with van der Waals surface area (Å²) in [6.07, 6.45) is 3.88. The Bertz CT molecular complexity index is 644. The van der Waals surface area contributed by atoms with Gasteiger partial charge in [-0.2, -0.15) is 0 Å². The highest BCUT2D eigenvalue weighted by Gasteiger charge is 2.19. The lowest BCUT2D eigenvalue weighted by Crippen LogP contribution is -2.41. The topological polar surface area (TPSA) is 31.1 Å². The predicted molar refractivity (Wildman–Crippen MR) is 88.1 cm³/mol. The van der Waals surface area contributed by atoms with E-state index in [4.69, 9.17) is 12.2 Å². The van der Waals surface area contributed by atoms with Gasteiger partial charge in [0.25, 0.3) is 0 Å². The molecule has 0 spiro atoms. The van der Waals surface area contributed by atoms with E-state index in [2.05, 4.69) is 46.0 Å². The Hall–Kier alpha value is -1.81. The fourth-order valence-corrected chi connectivity index (χ4v) is 3.10. The Morgan fingerprint density at radius 2 is 2.15 bits per heavy atom. The first-order valence-corrected chi connectivity index (χ1v) is 7.42. The van der Waals surface area contributed by atoms with Gasteiger partial charge in [0.05, 0.1) is 0 Å². The second-order valence-electron chi connectivity index (χ2n) is 5.09. The summed E-state index contributed by atoms with van der Waals surface area (Å²) < 4.78 is 0. The van der Waals surface area contributed by atoms with Crippen LogP contribution in [-0.4, -0.2) is 34.6 Å². The van der Waals surface area contributed by atoms with E-state index in [9.17, 15) is 0 Å². The number of fused-ring (bicyclic) bond motifs is 3. The quantitative estimate of drug-likeness (QED) is 0.657. The Balaban J connectivity index is 1.79. The lowest BCUT2D eigenvalue weighted by Gasteiger charge is -2.23. The molecule has 2 aromatic rings. The maximum Gasteiger partial charge on any atom is 0.169 e. The largest absolute Gasteiger partial charge is 0.359 e.